The van der Waals surface area contributed by atoms with Gasteiger partial charge in [0.2, 0.25) is 5.88 Å². The van der Waals surface area contributed by atoms with E-state index in [9.17, 15) is 0 Å². The molecule has 0 fully saturated rings. The standard InChI is InChI=1S/C19H22N4O/c1-13-3-8-17-19(23-13)24-18(12-22-17)14(2)21-10-9-15-4-6-16(11-20)7-5-15/h3-8,14,18,21-22H,9-10,12H2,1-2H3/t14-,18-/m1/s1. The van der Waals surface area contributed by atoms with Crippen LogP contribution in [0.5, 0.6) is 5.88 Å². The molecular formula is C19H22N4O. The molecule has 0 unspecified atom stereocenters. The summed E-state index contributed by atoms with van der Waals surface area (Å²) < 4.78 is 6.04. The summed E-state index contributed by atoms with van der Waals surface area (Å²) in [7, 11) is 0. The Kier molecular flexibility index (Phi) is 4.97. The van der Waals surface area contributed by atoms with Gasteiger partial charge in [0.1, 0.15) is 6.10 Å². The average Bonchev–Trinajstić information content (AvgIpc) is 2.61. The zero-order valence-electron chi connectivity index (χ0n) is 14.0. The number of benzene rings is 1. The van der Waals surface area contributed by atoms with Crippen LogP contribution in [0.3, 0.4) is 0 Å². The number of pyridine rings is 1. The van der Waals surface area contributed by atoms with Gasteiger partial charge in [0.25, 0.3) is 0 Å². The topological polar surface area (TPSA) is 70.0 Å². The van der Waals surface area contributed by atoms with Crippen molar-refractivity contribution in [2.45, 2.75) is 32.4 Å². The average molecular weight is 322 g/mol. The number of nitrogens with zero attached hydrogens (tertiary/aromatic N) is 2. The number of nitrogens with one attached hydrogen (secondary N) is 2. The Labute approximate surface area is 142 Å². The summed E-state index contributed by atoms with van der Waals surface area (Å²) in [5, 5.41) is 15.7. The van der Waals surface area contributed by atoms with Gasteiger partial charge in [-0.15, -0.1) is 0 Å². The first-order valence-corrected chi connectivity index (χ1v) is 8.26. The van der Waals surface area contributed by atoms with Gasteiger partial charge in [0.15, 0.2) is 0 Å². The minimum atomic E-state index is 0.0489. The molecule has 1 aromatic carbocycles. The van der Waals surface area contributed by atoms with Crippen molar-refractivity contribution in [3.63, 3.8) is 0 Å². The number of fused-ring (bicyclic) bond motifs is 1. The molecule has 2 heterocycles. The Hall–Kier alpha value is -2.58. The highest BCUT2D eigenvalue weighted by Gasteiger charge is 2.25. The highest BCUT2D eigenvalue weighted by Crippen LogP contribution is 2.27. The molecule has 2 N–H and O–H groups in total. The molecule has 1 aliphatic rings. The van der Waals surface area contributed by atoms with Crippen LogP contribution in [-0.2, 0) is 6.42 Å². The van der Waals surface area contributed by atoms with Crippen LogP contribution in [-0.4, -0.2) is 30.2 Å². The summed E-state index contributed by atoms with van der Waals surface area (Å²) in [6, 6.07) is 14.1. The molecule has 0 bridgehead atoms. The summed E-state index contributed by atoms with van der Waals surface area (Å²) in [5.74, 6) is 0.687. The van der Waals surface area contributed by atoms with Crippen LogP contribution in [0.2, 0.25) is 0 Å². The third-order valence-electron chi connectivity index (χ3n) is 4.28. The van der Waals surface area contributed by atoms with Gasteiger partial charge in [0, 0.05) is 11.7 Å². The Bertz CT molecular complexity index is 736. The van der Waals surface area contributed by atoms with Crippen molar-refractivity contribution < 1.29 is 4.74 Å². The van der Waals surface area contributed by atoms with E-state index in [1.54, 1.807) is 0 Å². The maximum atomic E-state index is 8.82. The van der Waals surface area contributed by atoms with E-state index in [0.717, 1.165) is 30.9 Å². The summed E-state index contributed by atoms with van der Waals surface area (Å²) in [5.41, 5.74) is 3.83. The molecule has 1 aromatic heterocycles. The molecular weight excluding hydrogens is 300 g/mol. The second-order valence-corrected chi connectivity index (χ2v) is 6.14. The van der Waals surface area contributed by atoms with E-state index in [0.29, 0.717) is 11.4 Å². The molecule has 1 aliphatic heterocycles. The predicted molar refractivity (Wildman–Crippen MR) is 94.2 cm³/mol. The highest BCUT2D eigenvalue weighted by atomic mass is 16.5. The van der Waals surface area contributed by atoms with Crippen molar-refractivity contribution in [1.29, 1.82) is 5.26 Å². The Morgan fingerprint density at radius 2 is 2.12 bits per heavy atom. The lowest BCUT2D eigenvalue weighted by atomic mass is 10.1. The molecule has 0 saturated heterocycles. The SMILES string of the molecule is Cc1ccc2c(n1)O[C@@H]([C@@H](C)NCCc1ccc(C#N)cc1)CN2. The molecule has 124 valence electrons. The number of hydrogen-bond donors (Lipinski definition) is 2. The molecule has 0 saturated carbocycles. The van der Waals surface area contributed by atoms with E-state index < -0.39 is 0 Å². The summed E-state index contributed by atoms with van der Waals surface area (Å²) >= 11 is 0. The van der Waals surface area contributed by atoms with E-state index >= 15 is 0 Å². The second kappa shape index (κ2) is 7.33. The largest absolute Gasteiger partial charge is 0.469 e. The molecule has 5 nitrogen and oxygen atoms in total. The van der Waals surface area contributed by atoms with Crippen LogP contribution in [0.15, 0.2) is 36.4 Å². The van der Waals surface area contributed by atoms with E-state index in [-0.39, 0.29) is 12.1 Å². The molecule has 0 spiro atoms. The van der Waals surface area contributed by atoms with Crippen molar-refractivity contribution in [3.8, 4) is 11.9 Å². The van der Waals surface area contributed by atoms with Crippen molar-refractivity contribution >= 4 is 5.69 Å². The molecule has 0 radical (unpaired) electrons. The fraction of sp³-hybridized carbons (Fsp3) is 0.368. The van der Waals surface area contributed by atoms with Crippen molar-refractivity contribution in [3.05, 3.63) is 53.2 Å². The van der Waals surface area contributed by atoms with Crippen molar-refractivity contribution in [2.24, 2.45) is 0 Å². The summed E-state index contributed by atoms with van der Waals surface area (Å²) in [4.78, 5) is 4.45. The Morgan fingerprint density at radius 1 is 1.33 bits per heavy atom. The van der Waals surface area contributed by atoms with Gasteiger partial charge in [-0.05, 0) is 56.6 Å². The lowest BCUT2D eigenvalue weighted by Crippen LogP contribution is -2.47. The summed E-state index contributed by atoms with van der Waals surface area (Å²) in [6.45, 7) is 5.72. The number of aromatic nitrogens is 1. The third kappa shape index (κ3) is 3.84. The second-order valence-electron chi connectivity index (χ2n) is 6.14. The fourth-order valence-electron chi connectivity index (χ4n) is 2.75. The number of aryl methyl sites for hydroxylation is 1. The van der Waals surface area contributed by atoms with Crippen LogP contribution < -0.4 is 15.4 Å². The third-order valence-corrected chi connectivity index (χ3v) is 4.28. The lowest BCUT2D eigenvalue weighted by molar-refractivity contribution is 0.157. The number of hydrogen-bond acceptors (Lipinski definition) is 5. The monoisotopic (exact) mass is 322 g/mol. The maximum absolute atomic E-state index is 8.82. The minimum Gasteiger partial charge on any atom is -0.469 e. The van der Waals surface area contributed by atoms with Crippen LogP contribution >= 0.6 is 0 Å². The van der Waals surface area contributed by atoms with E-state index in [1.807, 2.05) is 43.3 Å². The minimum absolute atomic E-state index is 0.0489. The molecule has 2 aromatic rings. The maximum Gasteiger partial charge on any atom is 0.238 e. The van der Waals surface area contributed by atoms with Crippen molar-refractivity contribution in [2.75, 3.05) is 18.4 Å². The molecule has 2 atom stereocenters. The normalized spacial score (nSPS) is 17.1. The quantitative estimate of drug-likeness (QED) is 0.885. The van der Waals surface area contributed by atoms with Gasteiger partial charge in [-0.25, -0.2) is 4.98 Å². The van der Waals surface area contributed by atoms with Crippen LogP contribution in [0, 0.1) is 18.3 Å². The van der Waals surface area contributed by atoms with Crippen LogP contribution in [0.25, 0.3) is 0 Å². The number of anilines is 1. The number of ether oxygens (including phenoxy) is 1. The first kappa shape index (κ1) is 16.3. The Balaban J connectivity index is 1.50. The van der Waals surface area contributed by atoms with E-state index in [4.69, 9.17) is 10.00 Å². The first-order chi connectivity index (χ1) is 11.7. The van der Waals surface area contributed by atoms with Crippen LogP contribution in [0.1, 0.15) is 23.7 Å². The predicted octanol–water partition coefficient (Wildman–Crippen LogP) is 2.66. The van der Waals surface area contributed by atoms with Gasteiger partial charge in [0.05, 0.1) is 23.9 Å². The fourth-order valence-corrected chi connectivity index (χ4v) is 2.75. The van der Waals surface area contributed by atoms with E-state index in [2.05, 4.69) is 28.6 Å². The molecule has 0 amide bonds. The number of nitriles is 1. The molecule has 24 heavy (non-hydrogen) atoms. The van der Waals surface area contributed by atoms with Crippen molar-refractivity contribution in [1.82, 2.24) is 10.3 Å². The smallest absolute Gasteiger partial charge is 0.238 e. The van der Waals surface area contributed by atoms with Gasteiger partial charge in [-0.1, -0.05) is 12.1 Å². The highest BCUT2D eigenvalue weighted by molar-refractivity contribution is 5.54. The zero-order valence-corrected chi connectivity index (χ0v) is 14.0. The van der Waals surface area contributed by atoms with Gasteiger partial charge >= 0.3 is 0 Å². The Morgan fingerprint density at radius 3 is 2.88 bits per heavy atom. The molecule has 0 aliphatic carbocycles. The van der Waals surface area contributed by atoms with Gasteiger partial charge in [-0.3, -0.25) is 0 Å². The number of rotatable bonds is 5. The van der Waals surface area contributed by atoms with Crippen LogP contribution in [0.4, 0.5) is 5.69 Å². The zero-order chi connectivity index (χ0) is 16.9. The first-order valence-electron chi connectivity index (χ1n) is 8.26. The van der Waals surface area contributed by atoms with Gasteiger partial charge in [-0.2, -0.15) is 5.26 Å². The van der Waals surface area contributed by atoms with E-state index in [1.165, 1.54) is 5.56 Å². The summed E-state index contributed by atoms with van der Waals surface area (Å²) in [6.07, 6.45) is 0.970. The van der Waals surface area contributed by atoms with Gasteiger partial charge < -0.3 is 15.4 Å². The lowest BCUT2D eigenvalue weighted by Gasteiger charge is -2.31. The molecule has 3 rings (SSSR count). The molecule has 5 heteroatoms.